The summed E-state index contributed by atoms with van der Waals surface area (Å²) in [4.78, 5) is 21.0. The number of nitrogens with one attached hydrogen (secondary N) is 2. The maximum atomic E-state index is 4.97. The Balaban J connectivity index is 1.76. The number of aromatic nitrogens is 5. The summed E-state index contributed by atoms with van der Waals surface area (Å²) < 4.78 is 0. The molecule has 0 fully saturated rings. The number of benzene rings is 2. The van der Waals surface area contributed by atoms with E-state index in [1.54, 1.807) is 6.20 Å². The van der Waals surface area contributed by atoms with Crippen molar-refractivity contribution < 1.29 is 0 Å². The van der Waals surface area contributed by atoms with E-state index in [4.69, 9.17) is 4.98 Å². The zero-order valence-electron chi connectivity index (χ0n) is 14.6. The predicted octanol–water partition coefficient (Wildman–Crippen LogP) is 5.12. The molecule has 5 nitrogen and oxygen atoms in total. The molecule has 6 rings (SSSR count). The molecule has 2 N–H and O–H groups in total. The lowest BCUT2D eigenvalue weighted by atomic mass is 10.1. The van der Waals surface area contributed by atoms with Crippen molar-refractivity contribution in [3.8, 4) is 11.4 Å². The number of nitrogens with zero attached hydrogens (tertiary/aromatic N) is 3. The van der Waals surface area contributed by atoms with Crippen molar-refractivity contribution in [3.05, 3.63) is 66.6 Å². The largest absolute Gasteiger partial charge is 0.360 e. The summed E-state index contributed by atoms with van der Waals surface area (Å²) in [5.74, 6) is 0.850. The van der Waals surface area contributed by atoms with Crippen molar-refractivity contribution in [2.75, 3.05) is 0 Å². The van der Waals surface area contributed by atoms with Crippen molar-refractivity contribution in [2.24, 2.45) is 0 Å². The number of rotatable bonds is 1. The van der Waals surface area contributed by atoms with Crippen LogP contribution in [0.1, 0.15) is 5.56 Å². The highest BCUT2D eigenvalue weighted by molar-refractivity contribution is 6.21. The average molecular weight is 349 g/mol. The average Bonchev–Trinajstić information content (AvgIpc) is 3.32. The Morgan fingerprint density at radius 1 is 0.815 bits per heavy atom. The Morgan fingerprint density at radius 2 is 1.59 bits per heavy atom. The highest BCUT2D eigenvalue weighted by Gasteiger charge is 2.16. The first-order valence-corrected chi connectivity index (χ1v) is 8.89. The van der Waals surface area contributed by atoms with Crippen molar-refractivity contribution in [1.29, 1.82) is 0 Å². The molecule has 0 aliphatic heterocycles. The third-order valence-corrected chi connectivity index (χ3v) is 5.16. The van der Waals surface area contributed by atoms with Crippen LogP contribution < -0.4 is 0 Å². The zero-order valence-corrected chi connectivity index (χ0v) is 14.6. The molecule has 0 amide bonds. The van der Waals surface area contributed by atoms with Crippen molar-refractivity contribution in [2.45, 2.75) is 6.92 Å². The Hall–Kier alpha value is -3.73. The SMILES string of the molecule is Cc1ccc2[nH]cc(-c3nc4c5cccnc5c5ncccc5c4[nH]3)c2c1. The second kappa shape index (κ2) is 5.14. The van der Waals surface area contributed by atoms with E-state index >= 15 is 0 Å². The highest BCUT2D eigenvalue weighted by Crippen LogP contribution is 2.35. The smallest absolute Gasteiger partial charge is 0.140 e. The second-order valence-corrected chi connectivity index (χ2v) is 6.86. The maximum absolute atomic E-state index is 4.97. The van der Waals surface area contributed by atoms with Gasteiger partial charge in [0.1, 0.15) is 5.82 Å². The summed E-state index contributed by atoms with van der Waals surface area (Å²) in [6, 6.07) is 14.4. The summed E-state index contributed by atoms with van der Waals surface area (Å²) >= 11 is 0. The number of fused-ring (bicyclic) bond motifs is 7. The van der Waals surface area contributed by atoms with E-state index in [0.717, 1.165) is 49.7 Å². The monoisotopic (exact) mass is 349 g/mol. The van der Waals surface area contributed by atoms with Gasteiger partial charge in [0, 0.05) is 45.8 Å². The quantitative estimate of drug-likeness (QED) is 0.405. The lowest BCUT2D eigenvalue weighted by molar-refractivity contribution is 1.34. The molecule has 0 spiro atoms. The first-order chi connectivity index (χ1) is 13.3. The number of imidazole rings is 1. The van der Waals surface area contributed by atoms with Crippen LogP contribution in [0.3, 0.4) is 0 Å². The molecule has 128 valence electrons. The van der Waals surface area contributed by atoms with Gasteiger partial charge in [-0.25, -0.2) is 4.98 Å². The molecule has 0 aliphatic rings. The molecular weight excluding hydrogens is 334 g/mol. The van der Waals surface area contributed by atoms with Crippen LogP contribution in [0.15, 0.2) is 61.1 Å². The van der Waals surface area contributed by atoms with E-state index in [1.807, 2.05) is 24.5 Å². The van der Waals surface area contributed by atoms with Gasteiger partial charge in [0.2, 0.25) is 0 Å². The van der Waals surface area contributed by atoms with Gasteiger partial charge < -0.3 is 9.97 Å². The lowest BCUT2D eigenvalue weighted by Crippen LogP contribution is -1.86. The van der Waals surface area contributed by atoms with Crippen LogP contribution in [0.2, 0.25) is 0 Å². The summed E-state index contributed by atoms with van der Waals surface area (Å²) in [6.45, 7) is 2.10. The molecule has 0 atom stereocenters. The topological polar surface area (TPSA) is 70.2 Å². The van der Waals surface area contributed by atoms with Gasteiger partial charge in [-0.15, -0.1) is 0 Å². The van der Waals surface area contributed by atoms with E-state index in [-0.39, 0.29) is 0 Å². The Morgan fingerprint density at radius 3 is 2.44 bits per heavy atom. The third kappa shape index (κ3) is 1.96. The third-order valence-electron chi connectivity index (χ3n) is 5.16. The maximum Gasteiger partial charge on any atom is 0.140 e. The number of hydrogen-bond donors (Lipinski definition) is 2. The van der Waals surface area contributed by atoms with Crippen LogP contribution in [0.25, 0.3) is 55.1 Å². The fraction of sp³-hybridized carbons (Fsp3) is 0.0455. The summed E-state index contributed by atoms with van der Waals surface area (Å²) in [6.07, 6.45) is 5.63. The Labute approximate surface area is 154 Å². The molecule has 6 aromatic rings. The number of H-pyrrole nitrogens is 2. The first-order valence-electron chi connectivity index (χ1n) is 8.89. The molecule has 4 heterocycles. The van der Waals surface area contributed by atoms with E-state index in [1.165, 1.54) is 10.9 Å². The van der Waals surface area contributed by atoms with Gasteiger partial charge in [0.05, 0.1) is 22.1 Å². The van der Waals surface area contributed by atoms with Crippen molar-refractivity contribution in [1.82, 2.24) is 24.9 Å². The van der Waals surface area contributed by atoms with Gasteiger partial charge >= 0.3 is 0 Å². The minimum atomic E-state index is 0.850. The fourth-order valence-electron chi connectivity index (χ4n) is 3.90. The number of pyridine rings is 2. The summed E-state index contributed by atoms with van der Waals surface area (Å²) in [5.41, 5.74) is 7.10. The van der Waals surface area contributed by atoms with Crippen LogP contribution >= 0.6 is 0 Å². The van der Waals surface area contributed by atoms with Crippen LogP contribution in [0.4, 0.5) is 0 Å². The van der Waals surface area contributed by atoms with Gasteiger partial charge in [-0.3, -0.25) is 9.97 Å². The Bertz CT molecular complexity index is 1420. The molecule has 5 heteroatoms. The standard InChI is InChI=1S/C22H15N5/c1-12-6-7-17-15(10-12)16(11-25-17)22-26-20-13-4-2-8-23-18(13)19-14(21(20)27-22)5-3-9-24-19/h2-11,25H,1H3,(H,26,27). The molecule has 27 heavy (non-hydrogen) atoms. The summed E-state index contributed by atoms with van der Waals surface area (Å²) in [7, 11) is 0. The van der Waals surface area contributed by atoms with Crippen molar-refractivity contribution in [3.63, 3.8) is 0 Å². The molecule has 0 unspecified atom stereocenters. The molecule has 2 aromatic carbocycles. The number of aryl methyl sites for hydroxylation is 1. The molecule has 0 aliphatic carbocycles. The van der Waals surface area contributed by atoms with Gasteiger partial charge in [-0.05, 0) is 43.3 Å². The molecular formula is C22H15N5. The fourth-order valence-corrected chi connectivity index (χ4v) is 3.90. The molecule has 0 saturated carbocycles. The van der Waals surface area contributed by atoms with Crippen LogP contribution in [0, 0.1) is 6.92 Å². The van der Waals surface area contributed by atoms with E-state index < -0.39 is 0 Å². The lowest BCUT2D eigenvalue weighted by Gasteiger charge is -2.03. The van der Waals surface area contributed by atoms with E-state index in [9.17, 15) is 0 Å². The minimum absolute atomic E-state index is 0.850. The molecule has 0 bridgehead atoms. The van der Waals surface area contributed by atoms with Gasteiger partial charge in [-0.2, -0.15) is 0 Å². The zero-order chi connectivity index (χ0) is 18.0. The van der Waals surface area contributed by atoms with Gasteiger partial charge in [-0.1, -0.05) is 11.6 Å². The molecule has 0 radical (unpaired) electrons. The van der Waals surface area contributed by atoms with Crippen LogP contribution in [-0.2, 0) is 0 Å². The molecule has 4 aromatic heterocycles. The van der Waals surface area contributed by atoms with Gasteiger partial charge in [0.25, 0.3) is 0 Å². The Kier molecular flexibility index (Phi) is 2.75. The van der Waals surface area contributed by atoms with Crippen molar-refractivity contribution >= 4 is 43.7 Å². The minimum Gasteiger partial charge on any atom is -0.360 e. The van der Waals surface area contributed by atoms with E-state index in [0.29, 0.717) is 0 Å². The molecule has 0 saturated heterocycles. The summed E-state index contributed by atoms with van der Waals surface area (Å²) in [5, 5.41) is 3.21. The van der Waals surface area contributed by atoms with E-state index in [2.05, 4.69) is 57.2 Å². The normalized spacial score (nSPS) is 11.9. The highest BCUT2D eigenvalue weighted by atomic mass is 14.9. The second-order valence-electron chi connectivity index (χ2n) is 6.86. The predicted molar refractivity (Wildman–Crippen MR) is 109 cm³/mol. The van der Waals surface area contributed by atoms with Gasteiger partial charge in [0.15, 0.2) is 0 Å². The van der Waals surface area contributed by atoms with Crippen LogP contribution in [0.5, 0.6) is 0 Å². The number of hydrogen-bond acceptors (Lipinski definition) is 3. The number of aromatic amines is 2. The van der Waals surface area contributed by atoms with Crippen LogP contribution in [-0.4, -0.2) is 24.9 Å². The first kappa shape index (κ1) is 14.4.